The Bertz CT molecular complexity index is 561. The lowest BCUT2D eigenvalue weighted by Gasteiger charge is -2.43. The molecule has 0 spiro atoms. The number of hydrogen-bond acceptors (Lipinski definition) is 10. The van der Waals surface area contributed by atoms with Crippen molar-refractivity contribution in [3.05, 3.63) is 0 Å². The molecule has 0 unspecified atom stereocenters. The molecule has 1 saturated heterocycles. The van der Waals surface area contributed by atoms with Gasteiger partial charge in [-0.15, -0.1) is 0 Å². The van der Waals surface area contributed by atoms with E-state index in [1.165, 1.54) is 0 Å². The molecule has 0 radical (unpaired) electrons. The summed E-state index contributed by atoms with van der Waals surface area (Å²) in [4.78, 5) is 47.0. The Morgan fingerprint density at radius 3 is 1.86 bits per heavy atom. The molecule has 0 saturated carbocycles. The Balaban J connectivity index is 3.23. The van der Waals surface area contributed by atoms with Gasteiger partial charge in [0.25, 0.3) is 0 Å². The Morgan fingerprint density at radius 1 is 0.821 bits per heavy atom. The maximum absolute atomic E-state index is 12.2. The van der Waals surface area contributed by atoms with Crippen LogP contribution in [0.4, 0.5) is 0 Å². The molecule has 0 N–H and O–H groups in total. The van der Waals surface area contributed by atoms with Crippen molar-refractivity contribution in [1.82, 2.24) is 0 Å². The van der Waals surface area contributed by atoms with Gasteiger partial charge in [-0.25, -0.2) is 4.79 Å². The number of methoxy groups -OCH3 is 1. The molecule has 1 heterocycles. The van der Waals surface area contributed by atoms with Gasteiger partial charge in [-0.05, 0) is 6.42 Å². The van der Waals surface area contributed by atoms with E-state index in [9.17, 15) is 19.2 Å². The first kappa shape index (κ1) is 23.8. The number of ether oxygens (including phenoxy) is 6. The highest BCUT2D eigenvalue weighted by Gasteiger charge is 2.55. The number of carbonyl (C=O) groups is 4. The van der Waals surface area contributed by atoms with Crippen LogP contribution < -0.4 is 0 Å². The van der Waals surface area contributed by atoms with Crippen molar-refractivity contribution in [2.24, 2.45) is 0 Å². The van der Waals surface area contributed by atoms with Crippen LogP contribution >= 0.6 is 0 Å². The molecule has 10 nitrogen and oxygen atoms in total. The van der Waals surface area contributed by atoms with Gasteiger partial charge in [0, 0.05) is 27.4 Å². The Kier molecular flexibility index (Phi) is 9.88. The van der Waals surface area contributed by atoms with Crippen molar-refractivity contribution in [1.29, 1.82) is 0 Å². The second-order valence-corrected chi connectivity index (χ2v) is 6.25. The van der Waals surface area contributed by atoms with E-state index in [1.807, 2.05) is 6.92 Å². The fourth-order valence-corrected chi connectivity index (χ4v) is 2.77. The van der Waals surface area contributed by atoms with E-state index in [1.54, 1.807) is 0 Å². The molecule has 160 valence electrons. The van der Waals surface area contributed by atoms with Crippen LogP contribution in [0.15, 0.2) is 0 Å². The smallest absolute Gasteiger partial charge is 0.339 e. The van der Waals surface area contributed by atoms with E-state index in [2.05, 4.69) is 0 Å². The summed E-state index contributed by atoms with van der Waals surface area (Å²) in [7, 11) is 1.13. The molecule has 1 aliphatic rings. The van der Waals surface area contributed by atoms with Crippen molar-refractivity contribution in [3.8, 4) is 0 Å². The van der Waals surface area contributed by atoms with Gasteiger partial charge in [0.2, 0.25) is 0 Å². The first-order valence-corrected chi connectivity index (χ1v) is 9.07. The van der Waals surface area contributed by atoms with Crippen LogP contribution in [0.5, 0.6) is 0 Å². The molecule has 5 atom stereocenters. The number of rotatable bonds is 9. The largest absolute Gasteiger partial charge is 0.467 e. The first-order valence-electron chi connectivity index (χ1n) is 9.07. The third-order valence-electron chi connectivity index (χ3n) is 3.86. The van der Waals surface area contributed by atoms with Gasteiger partial charge in [-0.3, -0.25) is 14.4 Å². The fraction of sp³-hybridized carbons (Fsp3) is 0.778. The van der Waals surface area contributed by atoms with Gasteiger partial charge in [0.15, 0.2) is 30.7 Å². The van der Waals surface area contributed by atoms with E-state index in [-0.39, 0.29) is 6.61 Å². The number of unbranched alkanes of at least 4 members (excludes halogenated alkanes) is 2. The maximum atomic E-state index is 12.2. The van der Waals surface area contributed by atoms with Crippen LogP contribution in [0, 0.1) is 0 Å². The predicted molar refractivity (Wildman–Crippen MR) is 92.8 cm³/mol. The minimum atomic E-state index is -1.43. The van der Waals surface area contributed by atoms with Crippen molar-refractivity contribution in [2.75, 3.05) is 13.7 Å². The summed E-state index contributed by atoms with van der Waals surface area (Å²) in [6, 6.07) is 0. The van der Waals surface area contributed by atoms with Gasteiger partial charge >= 0.3 is 23.9 Å². The Labute approximate surface area is 163 Å². The molecule has 28 heavy (non-hydrogen) atoms. The molecular weight excluding hydrogens is 376 g/mol. The molecule has 1 aliphatic heterocycles. The lowest BCUT2D eigenvalue weighted by molar-refractivity contribution is -0.301. The normalized spacial score (nSPS) is 26.8. The minimum Gasteiger partial charge on any atom is -0.467 e. The summed E-state index contributed by atoms with van der Waals surface area (Å²) >= 11 is 0. The summed E-state index contributed by atoms with van der Waals surface area (Å²) in [6.45, 7) is 5.69. The van der Waals surface area contributed by atoms with Gasteiger partial charge in [0.1, 0.15) is 0 Å². The molecule has 1 fully saturated rings. The highest BCUT2D eigenvalue weighted by molar-refractivity contribution is 5.77. The van der Waals surface area contributed by atoms with Crippen molar-refractivity contribution >= 4 is 23.9 Å². The van der Waals surface area contributed by atoms with Crippen LogP contribution in [-0.2, 0) is 47.6 Å². The molecule has 0 aromatic rings. The number of carbonyl (C=O) groups excluding carboxylic acids is 4. The molecule has 0 aromatic carbocycles. The SMILES string of the molecule is CCCCCO[C@@H]1O[C@H](C(=O)OC)[C@@H](OC(C)=O)[C@H](OC(C)=O)[C@H]1OC(C)=O. The zero-order valence-electron chi connectivity index (χ0n) is 16.8. The number of hydrogen-bond donors (Lipinski definition) is 0. The topological polar surface area (TPSA) is 124 Å². The van der Waals surface area contributed by atoms with Crippen LogP contribution in [0.2, 0.25) is 0 Å². The van der Waals surface area contributed by atoms with E-state index >= 15 is 0 Å². The molecule has 0 aromatic heterocycles. The molecule has 10 heteroatoms. The standard InChI is InChI=1S/C18H28O10/c1-6-7-8-9-24-18-16(27-12(4)21)14(26-11(3)20)13(25-10(2)19)15(28-18)17(22)23-5/h13-16,18H,6-9H2,1-5H3/t13-,14-,15-,16+,18+/m0/s1. The lowest BCUT2D eigenvalue weighted by Crippen LogP contribution is -2.63. The second-order valence-electron chi connectivity index (χ2n) is 6.25. The fourth-order valence-electron chi connectivity index (χ4n) is 2.77. The van der Waals surface area contributed by atoms with Gasteiger partial charge in [-0.1, -0.05) is 19.8 Å². The third kappa shape index (κ3) is 7.08. The third-order valence-corrected chi connectivity index (χ3v) is 3.86. The maximum Gasteiger partial charge on any atom is 0.339 e. The zero-order chi connectivity index (χ0) is 21.3. The Hall–Kier alpha value is -2.20. The van der Waals surface area contributed by atoms with Crippen LogP contribution in [0.3, 0.4) is 0 Å². The molecule has 0 bridgehead atoms. The highest BCUT2D eigenvalue weighted by atomic mass is 16.7. The first-order chi connectivity index (χ1) is 13.2. The van der Waals surface area contributed by atoms with Gasteiger partial charge < -0.3 is 28.4 Å². The predicted octanol–water partition coefficient (Wildman–Crippen LogP) is 0.886. The number of esters is 4. The zero-order valence-corrected chi connectivity index (χ0v) is 16.8. The lowest BCUT2D eigenvalue weighted by atomic mass is 9.97. The van der Waals surface area contributed by atoms with E-state index in [0.29, 0.717) is 6.42 Å². The van der Waals surface area contributed by atoms with Crippen molar-refractivity contribution in [2.45, 2.75) is 77.7 Å². The quantitative estimate of drug-likeness (QED) is 0.311. The molecule has 0 aliphatic carbocycles. The van der Waals surface area contributed by atoms with Crippen molar-refractivity contribution in [3.63, 3.8) is 0 Å². The molecule has 1 rings (SSSR count). The summed E-state index contributed by atoms with van der Waals surface area (Å²) in [5.74, 6) is -3.02. The van der Waals surface area contributed by atoms with E-state index in [4.69, 9.17) is 28.4 Å². The molecule has 0 amide bonds. The summed E-state index contributed by atoms with van der Waals surface area (Å²) < 4.78 is 31.6. The second kappa shape index (κ2) is 11.6. The average Bonchev–Trinajstić information content (AvgIpc) is 2.61. The van der Waals surface area contributed by atoms with Crippen LogP contribution in [0.1, 0.15) is 47.0 Å². The highest BCUT2D eigenvalue weighted by Crippen LogP contribution is 2.30. The van der Waals surface area contributed by atoms with E-state index < -0.39 is 54.6 Å². The van der Waals surface area contributed by atoms with Gasteiger partial charge in [-0.2, -0.15) is 0 Å². The average molecular weight is 404 g/mol. The van der Waals surface area contributed by atoms with Crippen LogP contribution in [-0.4, -0.2) is 68.3 Å². The monoisotopic (exact) mass is 404 g/mol. The Morgan fingerprint density at radius 2 is 1.36 bits per heavy atom. The molecular formula is C18H28O10. The van der Waals surface area contributed by atoms with Crippen LogP contribution in [0.25, 0.3) is 0 Å². The van der Waals surface area contributed by atoms with E-state index in [0.717, 1.165) is 40.7 Å². The van der Waals surface area contributed by atoms with Gasteiger partial charge in [0.05, 0.1) is 7.11 Å². The summed E-state index contributed by atoms with van der Waals surface area (Å²) in [6.07, 6.45) is -4.03. The summed E-state index contributed by atoms with van der Waals surface area (Å²) in [5.41, 5.74) is 0. The van der Waals surface area contributed by atoms with Crippen molar-refractivity contribution < 1.29 is 47.6 Å². The summed E-state index contributed by atoms with van der Waals surface area (Å²) in [5, 5.41) is 0. The minimum absolute atomic E-state index is 0.259.